The molecular formula is C49H63F2N8O12P. The number of phosphoric ester groups is 1. The molecule has 2 N–H and O–H groups in total. The van der Waals surface area contributed by atoms with E-state index in [2.05, 4.69) is 29.5 Å². The maximum absolute atomic E-state index is 15.1. The molecule has 20 nitrogen and oxygen atoms in total. The summed E-state index contributed by atoms with van der Waals surface area (Å²) in [5.74, 6) is -1.21. The standard InChI is InChI=1S/C49H63F2N8O12P/c1-4-45(35(2)69-48(62)71-36(3)70-46(60)11-9-7-5-6-8-10-26-68-72(63,64)65)59-47(61)58(34-54-59)41-15-13-39(14-16-41)55-22-24-56(25-23-55)40-17-19-42(20-18-40)66-29-37-28-49(67-30-37,31-57-33-52-32-53-57)43-21-12-38(50)27-44(43)51/h12-21,27,32-37,45H,4-11,22-26,28-31H2,1-3H3,(H2,63,64,65)/t35?,36?,37-,45+,49+/m1/s1. The highest BCUT2D eigenvalue weighted by molar-refractivity contribution is 7.46. The predicted molar refractivity (Wildman–Crippen MR) is 259 cm³/mol. The van der Waals surface area contributed by atoms with Crippen molar-refractivity contribution in [1.82, 2.24) is 29.1 Å². The second-order valence-electron chi connectivity index (χ2n) is 18.0. The van der Waals surface area contributed by atoms with Gasteiger partial charge in [-0.05, 0) is 87.2 Å². The van der Waals surface area contributed by atoms with E-state index in [0.717, 1.165) is 69.3 Å². The molecule has 7 rings (SSSR count). The molecule has 5 atom stereocenters. The van der Waals surface area contributed by atoms with Crippen LogP contribution >= 0.6 is 7.82 Å². The molecule has 2 unspecified atom stereocenters. The number of piperazine rings is 1. The molecule has 390 valence electrons. The highest BCUT2D eigenvalue weighted by Gasteiger charge is 2.45. The zero-order chi connectivity index (χ0) is 51.3. The first kappa shape index (κ1) is 53.6. The van der Waals surface area contributed by atoms with Crippen LogP contribution in [-0.2, 0) is 45.0 Å². The summed E-state index contributed by atoms with van der Waals surface area (Å²) >= 11 is 0. The number of hydrogen-bond donors (Lipinski definition) is 2. The number of ether oxygens (including phenoxy) is 5. The van der Waals surface area contributed by atoms with Crippen molar-refractivity contribution in [2.75, 3.05) is 55.8 Å². The lowest BCUT2D eigenvalue weighted by Crippen LogP contribution is -2.46. The third-order valence-electron chi connectivity index (χ3n) is 12.8. The summed E-state index contributed by atoms with van der Waals surface area (Å²) in [4.78, 5) is 64.6. The first-order valence-corrected chi connectivity index (χ1v) is 25.8. The van der Waals surface area contributed by atoms with Crippen molar-refractivity contribution in [1.29, 1.82) is 0 Å². The van der Waals surface area contributed by atoms with Gasteiger partial charge in [-0.1, -0.05) is 38.7 Å². The number of carbonyl (C=O) groups is 2. The Hall–Kier alpha value is -6.19. The zero-order valence-electron chi connectivity index (χ0n) is 40.7. The summed E-state index contributed by atoms with van der Waals surface area (Å²) in [5, 5.41) is 8.54. The van der Waals surface area contributed by atoms with Crippen LogP contribution in [0.3, 0.4) is 0 Å². The van der Waals surface area contributed by atoms with E-state index in [1.807, 2.05) is 55.5 Å². The molecule has 3 aromatic carbocycles. The fourth-order valence-electron chi connectivity index (χ4n) is 9.15. The Morgan fingerprint density at radius 2 is 1.50 bits per heavy atom. The summed E-state index contributed by atoms with van der Waals surface area (Å²) in [5.41, 5.74) is 1.51. The molecule has 0 aliphatic carbocycles. The molecule has 5 aromatic rings. The largest absolute Gasteiger partial charge is 0.511 e. The van der Waals surface area contributed by atoms with E-state index in [0.29, 0.717) is 50.3 Å². The molecule has 72 heavy (non-hydrogen) atoms. The average Bonchev–Trinajstić information content (AvgIpc) is 4.11. The Morgan fingerprint density at radius 1 is 0.847 bits per heavy atom. The van der Waals surface area contributed by atoms with Gasteiger partial charge in [0.05, 0.1) is 38.1 Å². The summed E-state index contributed by atoms with van der Waals surface area (Å²) in [6, 6.07) is 18.5. The van der Waals surface area contributed by atoms with E-state index in [1.165, 1.54) is 41.0 Å². The van der Waals surface area contributed by atoms with Gasteiger partial charge in [0.2, 0.25) is 6.29 Å². The van der Waals surface area contributed by atoms with Gasteiger partial charge in [0.1, 0.15) is 48.1 Å². The molecule has 2 aliphatic rings. The number of esters is 1. The molecule has 4 heterocycles. The molecule has 2 aromatic heterocycles. The summed E-state index contributed by atoms with van der Waals surface area (Å²) in [6.45, 7) is 8.89. The third kappa shape index (κ3) is 14.7. The second kappa shape index (κ2) is 25.0. The number of aromatic nitrogens is 6. The fourth-order valence-corrected chi connectivity index (χ4v) is 9.52. The highest BCUT2D eigenvalue weighted by atomic mass is 31.2. The van der Waals surface area contributed by atoms with Crippen molar-refractivity contribution in [2.24, 2.45) is 5.92 Å². The molecule has 0 saturated carbocycles. The number of carbonyl (C=O) groups excluding carboxylic acids is 2. The quantitative estimate of drug-likeness (QED) is 0.0250. The van der Waals surface area contributed by atoms with Crippen molar-refractivity contribution in [3.63, 3.8) is 0 Å². The summed E-state index contributed by atoms with van der Waals surface area (Å²) in [7, 11) is -4.44. The van der Waals surface area contributed by atoms with Gasteiger partial charge in [-0.25, -0.2) is 41.8 Å². The minimum Gasteiger partial charge on any atom is -0.493 e. The molecule has 23 heteroatoms. The molecule has 2 fully saturated rings. The van der Waals surface area contributed by atoms with E-state index in [4.69, 9.17) is 33.5 Å². The third-order valence-corrected chi connectivity index (χ3v) is 13.3. The molecule has 0 bridgehead atoms. The number of rotatable bonds is 25. The van der Waals surface area contributed by atoms with E-state index in [1.54, 1.807) is 17.9 Å². The first-order valence-electron chi connectivity index (χ1n) is 24.3. The lowest BCUT2D eigenvalue weighted by Gasteiger charge is -2.37. The number of nitrogens with zero attached hydrogens (tertiary/aromatic N) is 8. The average molecular weight is 1030 g/mol. The van der Waals surface area contributed by atoms with Gasteiger partial charge in [-0.2, -0.15) is 10.2 Å². The topological polar surface area (TPSA) is 224 Å². The van der Waals surface area contributed by atoms with Gasteiger partial charge < -0.3 is 43.3 Å². The Kier molecular flexibility index (Phi) is 18.6. The van der Waals surface area contributed by atoms with Crippen molar-refractivity contribution in [3.8, 4) is 11.4 Å². The van der Waals surface area contributed by atoms with Crippen LogP contribution in [0, 0.1) is 17.6 Å². The number of phosphoric acid groups is 1. The van der Waals surface area contributed by atoms with Crippen molar-refractivity contribution in [3.05, 3.63) is 113 Å². The van der Waals surface area contributed by atoms with E-state index in [-0.39, 0.29) is 31.1 Å². The minimum absolute atomic E-state index is 0.0132. The Bertz CT molecular complexity index is 2630. The van der Waals surface area contributed by atoms with Gasteiger partial charge in [0.25, 0.3) is 0 Å². The summed E-state index contributed by atoms with van der Waals surface area (Å²) in [6.07, 6.45) is 6.53. The Balaban J connectivity index is 0.822. The number of hydrogen-bond acceptors (Lipinski definition) is 15. The molecule has 2 saturated heterocycles. The number of unbranched alkanes of at least 4 members (excludes halogenated alkanes) is 5. The Morgan fingerprint density at radius 3 is 2.14 bits per heavy atom. The fraction of sp³-hybridized carbons (Fsp3) is 0.510. The molecular weight excluding hydrogens is 962 g/mol. The van der Waals surface area contributed by atoms with Gasteiger partial charge in [0.15, 0.2) is 0 Å². The smallest absolute Gasteiger partial charge is 0.493 e. The van der Waals surface area contributed by atoms with Gasteiger partial charge >= 0.3 is 25.6 Å². The maximum atomic E-state index is 15.1. The molecule has 2 aliphatic heterocycles. The van der Waals surface area contributed by atoms with Crippen molar-refractivity contribution >= 4 is 31.3 Å². The van der Waals surface area contributed by atoms with Gasteiger partial charge in [-0.15, -0.1) is 0 Å². The van der Waals surface area contributed by atoms with Gasteiger partial charge in [0, 0.05) is 68.4 Å². The van der Waals surface area contributed by atoms with Crippen LogP contribution in [0.25, 0.3) is 5.69 Å². The van der Waals surface area contributed by atoms with Crippen LogP contribution in [0.5, 0.6) is 5.75 Å². The predicted octanol–water partition coefficient (Wildman–Crippen LogP) is 7.46. The van der Waals surface area contributed by atoms with E-state index in [9.17, 15) is 23.3 Å². The van der Waals surface area contributed by atoms with Crippen LogP contribution in [0.4, 0.5) is 25.0 Å². The first-order chi connectivity index (χ1) is 34.6. The highest BCUT2D eigenvalue weighted by Crippen LogP contribution is 2.42. The molecule has 0 amide bonds. The van der Waals surface area contributed by atoms with Crippen molar-refractivity contribution < 1.29 is 60.9 Å². The van der Waals surface area contributed by atoms with Crippen LogP contribution in [0.2, 0.25) is 0 Å². The monoisotopic (exact) mass is 1020 g/mol. The normalized spacial score (nSPS) is 18.4. The minimum atomic E-state index is -4.44. The van der Waals surface area contributed by atoms with E-state index < -0.39 is 61.3 Å². The lowest BCUT2D eigenvalue weighted by molar-refractivity contribution is -0.169. The van der Waals surface area contributed by atoms with E-state index >= 15 is 4.39 Å². The zero-order valence-corrected chi connectivity index (χ0v) is 41.6. The number of anilines is 2. The van der Waals surface area contributed by atoms with Gasteiger partial charge in [-0.3, -0.25) is 9.32 Å². The molecule has 0 spiro atoms. The van der Waals surface area contributed by atoms with Crippen LogP contribution in [0.1, 0.15) is 90.2 Å². The second-order valence-corrected chi connectivity index (χ2v) is 19.3. The Labute approximate surface area is 416 Å². The van der Waals surface area contributed by atoms with Crippen LogP contribution in [-0.4, -0.2) is 109 Å². The van der Waals surface area contributed by atoms with Crippen LogP contribution < -0.4 is 20.2 Å². The van der Waals surface area contributed by atoms with Crippen LogP contribution in [0.15, 0.2) is 90.5 Å². The number of halogens is 2. The number of benzene rings is 3. The maximum Gasteiger partial charge on any atom is 0.511 e. The molecule has 0 radical (unpaired) electrons. The SMILES string of the molecule is CC[C@@H](C(C)OC(=O)OC(C)OC(=O)CCCCCCCCOP(=O)(O)O)n1ncn(-c2ccc(N3CCN(c4ccc(OC[C@@H]5CO[C@@](Cn6cncn6)(c6ccc(F)cc6F)C5)cc4)CC3)cc2)c1=O. The van der Waals surface area contributed by atoms with Crippen molar-refractivity contribution in [2.45, 2.75) is 109 Å². The lowest BCUT2D eigenvalue weighted by atomic mass is 9.87. The summed E-state index contributed by atoms with van der Waals surface area (Å²) < 4.78 is 76.6.